The van der Waals surface area contributed by atoms with Crippen LogP contribution >= 0.6 is 25.3 Å². The molecule has 0 amide bonds. The van der Waals surface area contributed by atoms with Crippen molar-refractivity contribution in [2.75, 3.05) is 0 Å². The Morgan fingerprint density at radius 3 is 1.56 bits per heavy atom. The Morgan fingerprint density at radius 1 is 0.688 bits per heavy atom. The first-order chi connectivity index (χ1) is 7.66. The maximum atomic E-state index is 12.1. The second-order valence-corrected chi connectivity index (χ2v) is 4.82. The Labute approximate surface area is 104 Å². The van der Waals surface area contributed by atoms with Gasteiger partial charge in [0.1, 0.15) is 0 Å². The van der Waals surface area contributed by atoms with Crippen molar-refractivity contribution < 1.29 is 4.79 Å². The van der Waals surface area contributed by atoms with E-state index in [9.17, 15) is 4.79 Å². The van der Waals surface area contributed by atoms with Crippen LogP contribution in [0.15, 0.2) is 46.2 Å². The largest absolute Gasteiger partial charge is 0.289 e. The number of fused-ring (bicyclic) bond motifs is 3. The van der Waals surface area contributed by atoms with Crippen LogP contribution in [0.3, 0.4) is 0 Å². The van der Waals surface area contributed by atoms with E-state index in [0.717, 1.165) is 32.0 Å². The van der Waals surface area contributed by atoms with Gasteiger partial charge in [0.25, 0.3) is 0 Å². The van der Waals surface area contributed by atoms with E-state index >= 15 is 0 Å². The second-order valence-electron chi connectivity index (χ2n) is 3.79. The van der Waals surface area contributed by atoms with Gasteiger partial charge in [-0.05, 0) is 35.4 Å². The molecular weight excluding hydrogens is 236 g/mol. The first-order valence-corrected chi connectivity index (χ1v) is 5.77. The predicted molar refractivity (Wildman–Crippen MR) is 69.8 cm³/mol. The molecule has 0 saturated heterocycles. The van der Waals surface area contributed by atoms with Gasteiger partial charge in [-0.15, -0.1) is 25.3 Å². The lowest BCUT2D eigenvalue weighted by Crippen LogP contribution is -1.94. The molecule has 1 aliphatic rings. The van der Waals surface area contributed by atoms with Gasteiger partial charge in [-0.2, -0.15) is 0 Å². The predicted octanol–water partition coefficient (Wildman–Crippen LogP) is 3.48. The number of thiol groups is 2. The fourth-order valence-corrected chi connectivity index (χ4v) is 2.46. The van der Waals surface area contributed by atoms with Gasteiger partial charge in [-0.25, -0.2) is 0 Å². The van der Waals surface area contributed by atoms with Crippen molar-refractivity contribution in [3.8, 4) is 11.1 Å². The standard InChI is InChI=1S/C13H8OS2/c14-13-11-5-7(15)1-3-9(11)10-4-2-8(16)6-12(10)13/h1-6,15-16H. The fraction of sp³-hybridized carbons (Fsp3) is 0. The molecule has 0 aromatic heterocycles. The molecule has 0 radical (unpaired) electrons. The minimum Gasteiger partial charge on any atom is -0.289 e. The normalized spacial score (nSPS) is 12.5. The van der Waals surface area contributed by atoms with Crippen LogP contribution in [0.25, 0.3) is 11.1 Å². The summed E-state index contributed by atoms with van der Waals surface area (Å²) in [6.45, 7) is 0. The number of hydrogen-bond donors (Lipinski definition) is 2. The van der Waals surface area contributed by atoms with Gasteiger partial charge < -0.3 is 0 Å². The highest BCUT2D eigenvalue weighted by Gasteiger charge is 2.26. The fourth-order valence-electron chi connectivity index (χ4n) is 2.06. The van der Waals surface area contributed by atoms with E-state index in [0.29, 0.717) is 0 Å². The van der Waals surface area contributed by atoms with Gasteiger partial charge in [0.15, 0.2) is 5.78 Å². The molecule has 2 aromatic rings. The van der Waals surface area contributed by atoms with E-state index in [1.165, 1.54) is 0 Å². The molecule has 0 heterocycles. The number of hydrogen-bond acceptors (Lipinski definition) is 3. The molecule has 0 fully saturated rings. The summed E-state index contributed by atoms with van der Waals surface area (Å²) in [5.41, 5.74) is 3.46. The minimum atomic E-state index is 0.0665. The number of ketones is 1. The van der Waals surface area contributed by atoms with Crippen LogP contribution < -0.4 is 0 Å². The van der Waals surface area contributed by atoms with Crippen molar-refractivity contribution in [3.63, 3.8) is 0 Å². The van der Waals surface area contributed by atoms with E-state index in [1.807, 2.05) is 36.4 Å². The van der Waals surface area contributed by atoms with Crippen LogP contribution in [-0.4, -0.2) is 5.78 Å². The smallest absolute Gasteiger partial charge is 0.194 e. The van der Waals surface area contributed by atoms with Gasteiger partial charge in [-0.1, -0.05) is 12.1 Å². The summed E-state index contributed by atoms with van der Waals surface area (Å²) in [5, 5.41) is 0. The van der Waals surface area contributed by atoms with Crippen molar-refractivity contribution in [1.82, 2.24) is 0 Å². The van der Waals surface area contributed by atoms with Crippen molar-refractivity contribution >= 4 is 31.0 Å². The molecule has 0 unspecified atom stereocenters. The molecule has 0 atom stereocenters. The quantitative estimate of drug-likeness (QED) is 0.579. The van der Waals surface area contributed by atoms with E-state index in [2.05, 4.69) is 25.3 Å². The van der Waals surface area contributed by atoms with E-state index in [-0.39, 0.29) is 5.78 Å². The Balaban J connectivity index is 2.34. The topological polar surface area (TPSA) is 17.1 Å². The summed E-state index contributed by atoms with van der Waals surface area (Å²) in [5.74, 6) is 0.0665. The number of rotatable bonds is 0. The van der Waals surface area contributed by atoms with Gasteiger partial charge >= 0.3 is 0 Å². The molecular formula is C13H8OS2. The molecule has 3 heteroatoms. The summed E-state index contributed by atoms with van der Waals surface area (Å²) in [4.78, 5) is 13.7. The first-order valence-electron chi connectivity index (χ1n) is 4.88. The maximum Gasteiger partial charge on any atom is 0.194 e. The van der Waals surface area contributed by atoms with Crippen LogP contribution in [0, 0.1) is 0 Å². The SMILES string of the molecule is O=C1c2cc(S)ccc2-c2ccc(S)cc21. The third-order valence-corrected chi connectivity index (χ3v) is 3.34. The van der Waals surface area contributed by atoms with Crippen molar-refractivity contribution in [1.29, 1.82) is 0 Å². The first kappa shape index (κ1) is 10.00. The summed E-state index contributed by atoms with van der Waals surface area (Å²) in [6, 6.07) is 11.3. The molecule has 0 bridgehead atoms. The molecule has 78 valence electrons. The molecule has 3 rings (SSSR count). The van der Waals surface area contributed by atoms with Gasteiger partial charge in [0, 0.05) is 20.9 Å². The van der Waals surface area contributed by atoms with E-state index in [4.69, 9.17) is 0 Å². The number of benzene rings is 2. The Hall–Kier alpha value is -1.19. The second kappa shape index (κ2) is 3.40. The highest BCUT2D eigenvalue weighted by atomic mass is 32.1. The van der Waals surface area contributed by atoms with Crippen LogP contribution in [-0.2, 0) is 0 Å². The highest BCUT2D eigenvalue weighted by Crippen LogP contribution is 2.38. The zero-order chi connectivity index (χ0) is 11.3. The maximum absolute atomic E-state index is 12.1. The highest BCUT2D eigenvalue weighted by molar-refractivity contribution is 7.80. The third-order valence-electron chi connectivity index (χ3n) is 2.79. The molecule has 0 aliphatic heterocycles. The van der Waals surface area contributed by atoms with E-state index in [1.54, 1.807) is 0 Å². The lowest BCUT2D eigenvalue weighted by Gasteiger charge is -2.00. The van der Waals surface area contributed by atoms with Crippen LogP contribution in [0.4, 0.5) is 0 Å². The van der Waals surface area contributed by atoms with Crippen molar-refractivity contribution in [2.24, 2.45) is 0 Å². The zero-order valence-electron chi connectivity index (χ0n) is 8.27. The number of carbonyl (C=O) groups is 1. The summed E-state index contributed by atoms with van der Waals surface area (Å²) < 4.78 is 0. The average Bonchev–Trinajstić information content (AvgIpc) is 2.53. The van der Waals surface area contributed by atoms with Crippen LogP contribution in [0.2, 0.25) is 0 Å². The summed E-state index contributed by atoms with van der Waals surface area (Å²) in [7, 11) is 0. The Kier molecular flexibility index (Phi) is 2.13. The van der Waals surface area contributed by atoms with Crippen molar-refractivity contribution in [2.45, 2.75) is 9.79 Å². The summed E-state index contributed by atoms with van der Waals surface area (Å²) in [6.07, 6.45) is 0. The monoisotopic (exact) mass is 244 g/mol. The molecule has 0 N–H and O–H groups in total. The molecule has 1 aliphatic carbocycles. The Bertz CT molecular complexity index is 564. The lowest BCUT2D eigenvalue weighted by molar-refractivity contribution is 0.104. The van der Waals surface area contributed by atoms with Crippen LogP contribution in [0.1, 0.15) is 15.9 Å². The van der Waals surface area contributed by atoms with E-state index < -0.39 is 0 Å². The van der Waals surface area contributed by atoms with Gasteiger partial charge in [0.05, 0.1) is 0 Å². The molecule has 0 spiro atoms. The molecule has 16 heavy (non-hydrogen) atoms. The summed E-state index contributed by atoms with van der Waals surface area (Å²) >= 11 is 8.51. The molecule has 0 saturated carbocycles. The minimum absolute atomic E-state index is 0.0665. The number of carbonyl (C=O) groups excluding carboxylic acids is 1. The third kappa shape index (κ3) is 1.32. The Morgan fingerprint density at radius 2 is 1.12 bits per heavy atom. The lowest BCUT2D eigenvalue weighted by atomic mass is 10.1. The average molecular weight is 244 g/mol. The molecule has 1 nitrogen and oxygen atoms in total. The zero-order valence-corrected chi connectivity index (χ0v) is 10.1. The van der Waals surface area contributed by atoms with Crippen molar-refractivity contribution in [3.05, 3.63) is 47.5 Å². The van der Waals surface area contributed by atoms with Gasteiger partial charge in [0.2, 0.25) is 0 Å². The molecule has 2 aromatic carbocycles. The van der Waals surface area contributed by atoms with Crippen LogP contribution in [0.5, 0.6) is 0 Å². The van der Waals surface area contributed by atoms with Gasteiger partial charge in [-0.3, -0.25) is 4.79 Å².